The van der Waals surface area contributed by atoms with Crippen LogP contribution in [0.15, 0.2) is 36.4 Å². The van der Waals surface area contributed by atoms with Gasteiger partial charge < -0.3 is 21.1 Å². The summed E-state index contributed by atoms with van der Waals surface area (Å²) in [6, 6.07) is 9.67. The van der Waals surface area contributed by atoms with Crippen LogP contribution >= 0.6 is 0 Å². The van der Waals surface area contributed by atoms with Crippen molar-refractivity contribution < 1.29 is 18.7 Å². The Labute approximate surface area is 195 Å². The number of aliphatic hydroxyl groups excluding tert-OH is 1. The van der Waals surface area contributed by atoms with Gasteiger partial charge in [0.25, 0.3) is 0 Å². The van der Waals surface area contributed by atoms with Crippen LogP contribution in [0.2, 0.25) is 0 Å². The summed E-state index contributed by atoms with van der Waals surface area (Å²) in [5.41, 5.74) is 3.99. The molecule has 2 aromatic carbocycles. The van der Waals surface area contributed by atoms with Crippen molar-refractivity contribution in [3.05, 3.63) is 64.7 Å². The van der Waals surface area contributed by atoms with E-state index < -0.39 is 23.7 Å². The molecule has 0 radical (unpaired) electrons. The van der Waals surface area contributed by atoms with E-state index >= 15 is 0 Å². The highest BCUT2D eigenvalue weighted by Gasteiger charge is 2.29. The van der Waals surface area contributed by atoms with Crippen LogP contribution in [0, 0.1) is 23.0 Å². The normalized spacial score (nSPS) is 17.6. The standard InChI is InChI=1S/C26H35F2N3O2/c1-26(2,3)14-16-5-6-22-20(11-16)23(7-8-30-22)31-15-24(32)21(25(33)29-4)12-17-9-18(27)13-19(28)10-17/h5-6,9-11,13,21,23-24,30-32H,7-8,12,14-15H2,1-4H3,(H,29,33). The maximum Gasteiger partial charge on any atom is 0.225 e. The molecule has 2 aromatic rings. The molecule has 1 aliphatic rings. The molecule has 180 valence electrons. The van der Waals surface area contributed by atoms with E-state index in [1.807, 2.05) is 0 Å². The van der Waals surface area contributed by atoms with Gasteiger partial charge in [-0.1, -0.05) is 32.9 Å². The lowest BCUT2D eigenvalue weighted by atomic mass is 9.86. The number of benzene rings is 2. The van der Waals surface area contributed by atoms with Gasteiger partial charge in [0.05, 0.1) is 12.0 Å². The molecule has 3 unspecified atom stereocenters. The van der Waals surface area contributed by atoms with E-state index in [9.17, 15) is 18.7 Å². The molecule has 0 saturated carbocycles. The fourth-order valence-electron chi connectivity index (χ4n) is 4.48. The molecule has 0 spiro atoms. The molecule has 0 saturated heterocycles. The quantitative estimate of drug-likeness (QED) is 0.482. The van der Waals surface area contributed by atoms with Gasteiger partial charge in [-0.3, -0.25) is 4.79 Å². The van der Waals surface area contributed by atoms with Crippen LogP contribution in [0.5, 0.6) is 0 Å². The van der Waals surface area contributed by atoms with Crippen LogP contribution in [-0.2, 0) is 17.6 Å². The van der Waals surface area contributed by atoms with Crippen molar-refractivity contribution in [3.63, 3.8) is 0 Å². The number of anilines is 1. The predicted molar refractivity (Wildman–Crippen MR) is 127 cm³/mol. The fourth-order valence-corrected chi connectivity index (χ4v) is 4.48. The first kappa shape index (κ1) is 25.1. The lowest BCUT2D eigenvalue weighted by Gasteiger charge is -2.31. The van der Waals surface area contributed by atoms with Gasteiger partial charge in [0, 0.05) is 37.9 Å². The highest BCUT2D eigenvalue weighted by molar-refractivity contribution is 5.79. The number of hydrogen-bond donors (Lipinski definition) is 4. The minimum absolute atomic E-state index is 0.0350. The monoisotopic (exact) mass is 459 g/mol. The van der Waals surface area contributed by atoms with Gasteiger partial charge in [0.15, 0.2) is 0 Å². The number of halogens is 2. The van der Waals surface area contributed by atoms with Crippen LogP contribution < -0.4 is 16.0 Å². The Morgan fingerprint density at radius 3 is 2.48 bits per heavy atom. The molecule has 1 aliphatic heterocycles. The summed E-state index contributed by atoms with van der Waals surface area (Å²) in [6.07, 6.45) is 0.819. The SMILES string of the molecule is CNC(=O)C(Cc1cc(F)cc(F)c1)C(O)CNC1CCNc2ccc(CC(C)(C)C)cc21. The first-order valence-corrected chi connectivity index (χ1v) is 11.5. The van der Waals surface area contributed by atoms with E-state index in [2.05, 4.69) is 54.9 Å². The molecule has 0 bridgehead atoms. The summed E-state index contributed by atoms with van der Waals surface area (Å²) in [4.78, 5) is 12.5. The van der Waals surface area contributed by atoms with Crippen molar-refractivity contribution in [3.8, 4) is 0 Å². The maximum atomic E-state index is 13.6. The Kier molecular flexibility index (Phi) is 8.08. The van der Waals surface area contributed by atoms with E-state index in [1.165, 1.54) is 24.7 Å². The molecule has 33 heavy (non-hydrogen) atoms. The Balaban J connectivity index is 1.72. The van der Waals surface area contributed by atoms with Crippen molar-refractivity contribution in [2.45, 2.75) is 52.2 Å². The lowest BCUT2D eigenvalue weighted by molar-refractivity contribution is -0.128. The van der Waals surface area contributed by atoms with Gasteiger partial charge >= 0.3 is 0 Å². The molecule has 0 fully saturated rings. The number of carbonyl (C=O) groups excluding carboxylic acids is 1. The second-order valence-corrected chi connectivity index (χ2v) is 10.1. The third-order valence-corrected chi connectivity index (χ3v) is 5.97. The number of rotatable bonds is 8. The summed E-state index contributed by atoms with van der Waals surface area (Å²) in [6.45, 7) is 7.62. The van der Waals surface area contributed by atoms with Crippen LogP contribution in [0.3, 0.4) is 0 Å². The average molecular weight is 460 g/mol. The Hall–Kier alpha value is -2.51. The van der Waals surface area contributed by atoms with Gasteiger partial charge in [0.1, 0.15) is 11.6 Å². The number of hydrogen-bond acceptors (Lipinski definition) is 4. The van der Waals surface area contributed by atoms with Crippen molar-refractivity contribution in [1.82, 2.24) is 10.6 Å². The maximum absolute atomic E-state index is 13.6. The molecule has 5 nitrogen and oxygen atoms in total. The van der Waals surface area contributed by atoms with Crippen LogP contribution in [-0.4, -0.2) is 37.3 Å². The minimum Gasteiger partial charge on any atom is -0.391 e. The van der Waals surface area contributed by atoms with Gasteiger partial charge in [-0.15, -0.1) is 0 Å². The van der Waals surface area contributed by atoms with E-state index in [0.29, 0.717) is 5.56 Å². The Morgan fingerprint density at radius 2 is 1.85 bits per heavy atom. The summed E-state index contributed by atoms with van der Waals surface area (Å²) in [5.74, 6) is -2.61. The third-order valence-electron chi connectivity index (χ3n) is 5.97. The zero-order valence-corrected chi connectivity index (χ0v) is 19.8. The number of carbonyl (C=O) groups is 1. The van der Waals surface area contributed by atoms with E-state index in [0.717, 1.165) is 36.7 Å². The summed E-state index contributed by atoms with van der Waals surface area (Å²) in [7, 11) is 1.49. The van der Waals surface area contributed by atoms with Crippen LogP contribution in [0.1, 0.15) is 49.9 Å². The summed E-state index contributed by atoms with van der Waals surface area (Å²) < 4.78 is 27.2. The highest BCUT2D eigenvalue weighted by Crippen LogP contribution is 2.32. The van der Waals surface area contributed by atoms with Gasteiger partial charge in [-0.25, -0.2) is 8.78 Å². The first-order valence-electron chi connectivity index (χ1n) is 11.5. The van der Waals surface area contributed by atoms with Gasteiger partial charge in [0.2, 0.25) is 5.91 Å². The Bertz CT molecular complexity index is 954. The number of nitrogens with one attached hydrogen (secondary N) is 3. The number of fused-ring (bicyclic) bond motifs is 1. The smallest absolute Gasteiger partial charge is 0.225 e. The predicted octanol–water partition coefficient (Wildman–Crippen LogP) is 3.97. The molecule has 3 atom stereocenters. The molecule has 1 amide bonds. The van der Waals surface area contributed by atoms with Crippen molar-refractivity contribution >= 4 is 11.6 Å². The summed E-state index contributed by atoms with van der Waals surface area (Å²) in [5, 5.41) is 20.3. The highest BCUT2D eigenvalue weighted by atomic mass is 19.1. The van der Waals surface area contributed by atoms with E-state index in [-0.39, 0.29) is 30.3 Å². The van der Waals surface area contributed by atoms with Crippen LogP contribution in [0.25, 0.3) is 0 Å². The third kappa shape index (κ3) is 6.98. The van der Waals surface area contributed by atoms with Crippen molar-refractivity contribution in [2.24, 2.45) is 11.3 Å². The van der Waals surface area contributed by atoms with Gasteiger partial charge in [-0.05, 0) is 59.6 Å². The van der Waals surface area contributed by atoms with Crippen molar-refractivity contribution in [2.75, 3.05) is 25.5 Å². The molecule has 4 N–H and O–H groups in total. The molecule has 0 aliphatic carbocycles. The van der Waals surface area contributed by atoms with Crippen molar-refractivity contribution in [1.29, 1.82) is 0 Å². The first-order chi connectivity index (χ1) is 15.6. The van der Waals surface area contributed by atoms with E-state index in [4.69, 9.17) is 0 Å². The second-order valence-electron chi connectivity index (χ2n) is 10.1. The summed E-state index contributed by atoms with van der Waals surface area (Å²) >= 11 is 0. The zero-order valence-electron chi connectivity index (χ0n) is 19.8. The second kappa shape index (κ2) is 10.6. The van der Waals surface area contributed by atoms with E-state index in [1.54, 1.807) is 0 Å². The number of aliphatic hydroxyl groups is 1. The Morgan fingerprint density at radius 1 is 1.15 bits per heavy atom. The minimum atomic E-state index is -1.02. The molecule has 0 aromatic heterocycles. The lowest BCUT2D eigenvalue weighted by Crippen LogP contribution is -2.43. The zero-order chi connectivity index (χ0) is 24.2. The fraction of sp³-hybridized carbons (Fsp3) is 0.500. The molecular formula is C26H35F2N3O2. The van der Waals surface area contributed by atoms with Gasteiger partial charge in [-0.2, -0.15) is 0 Å². The molecule has 7 heteroatoms. The molecule has 3 rings (SSSR count). The topological polar surface area (TPSA) is 73.4 Å². The molecule has 1 heterocycles. The van der Waals surface area contributed by atoms with Crippen LogP contribution in [0.4, 0.5) is 14.5 Å². The largest absolute Gasteiger partial charge is 0.391 e. The molecular weight excluding hydrogens is 424 g/mol. The number of amides is 1. The average Bonchev–Trinajstić information content (AvgIpc) is 2.73.